The Morgan fingerprint density at radius 2 is 1.75 bits per heavy atom. The molecule has 3 aliphatic heterocycles. The predicted octanol–water partition coefficient (Wildman–Crippen LogP) is 3.74. The zero-order chi connectivity index (χ0) is 36.2. The van der Waals surface area contributed by atoms with E-state index in [2.05, 4.69) is 14.9 Å². The van der Waals surface area contributed by atoms with Crippen molar-refractivity contribution in [2.75, 3.05) is 19.6 Å². The zero-order valence-electron chi connectivity index (χ0n) is 29.6. The van der Waals surface area contributed by atoms with Crippen LogP contribution in [0.3, 0.4) is 0 Å². The van der Waals surface area contributed by atoms with Crippen LogP contribution in [0.15, 0.2) is 30.4 Å². The summed E-state index contributed by atoms with van der Waals surface area (Å²) >= 11 is 0. The Kier molecular flexibility index (Phi) is 9.59. The maximum absolute atomic E-state index is 14.8. The molecule has 4 aliphatic carbocycles. The molecule has 3 heterocycles. The second kappa shape index (κ2) is 14.0. The van der Waals surface area contributed by atoms with Crippen molar-refractivity contribution in [1.29, 1.82) is 0 Å². The van der Waals surface area contributed by atoms with Gasteiger partial charge >= 0.3 is 6.09 Å². The maximum Gasteiger partial charge on any atom is 0.410 e. The van der Waals surface area contributed by atoms with E-state index >= 15 is 0 Å². The van der Waals surface area contributed by atoms with Crippen molar-refractivity contribution < 1.29 is 36.7 Å². The molecule has 8 rings (SSSR count). The van der Waals surface area contributed by atoms with Gasteiger partial charge in [0.05, 0.1) is 24.4 Å². The van der Waals surface area contributed by atoms with E-state index in [1.807, 2.05) is 12.2 Å². The highest BCUT2D eigenvalue weighted by Gasteiger charge is 2.62. The van der Waals surface area contributed by atoms with Gasteiger partial charge in [0.15, 0.2) is 0 Å². The van der Waals surface area contributed by atoms with Crippen molar-refractivity contribution in [2.45, 2.75) is 126 Å². The normalized spacial score (nSPS) is 30.9. The highest BCUT2D eigenvalue weighted by molar-refractivity contribution is 7.91. The van der Waals surface area contributed by atoms with Gasteiger partial charge in [0.2, 0.25) is 21.8 Å². The molecule has 4 saturated carbocycles. The van der Waals surface area contributed by atoms with Gasteiger partial charge in [-0.3, -0.25) is 28.9 Å². The summed E-state index contributed by atoms with van der Waals surface area (Å²) in [6.07, 6.45) is 12.4. The minimum Gasteiger partial charge on any atom is -0.444 e. The van der Waals surface area contributed by atoms with Crippen LogP contribution in [-0.2, 0) is 42.2 Å². The van der Waals surface area contributed by atoms with Gasteiger partial charge in [0, 0.05) is 37.5 Å². The molecule has 2 N–H and O–H groups in total. The first-order valence-electron chi connectivity index (χ1n) is 19.3. The summed E-state index contributed by atoms with van der Waals surface area (Å²) in [7, 11) is -3.87. The first-order valence-corrected chi connectivity index (χ1v) is 20.9. The Bertz CT molecular complexity index is 1730. The van der Waals surface area contributed by atoms with Crippen LogP contribution in [0.2, 0.25) is 0 Å². The van der Waals surface area contributed by atoms with E-state index in [0.717, 1.165) is 64.5 Å². The van der Waals surface area contributed by atoms with Gasteiger partial charge in [-0.05, 0) is 87.7 Å². The molecule has 282 valence electrons. The summed E-state index contributed by atoms with van der Waals surface area (Å²) in [6.45, 7) is 1.95. The first kappa shape index (κ1) is 35.5. The molecule has 0 bridgehead atoms. The number of halogens is 1. The lowest BCUT2D eigenvalue weighted by Crippen LogP contribution is -2.58. The molecule has 5 atom stereocenters. The van der Waals surface area contributed by atoms with Crippen LogP contribution in [0.1, 0.15) is 94.6 Å². The van der Waals surface area contributed by atoms with Crippen LogP contribution in [-0.4, -0.2) is 95.5 Å². The quantitative estimate of drug-likeness (QED) is 0.365. The monoisotopic (exact) mass is 739 g/mol. The molecule has 7 aliphatic rings. The van der Waals surface area contributed by atoms with Crippen molar-refractivity contribution in [3.8, 4) is 0 Å². The van der Waals surface area contributed by atoms with Gasteiger partial charge in [-0.15, -0.1) is 0 Å². The lowest BCUT2D eigenvalue weighted by atomic mass is 10.0. The summed E-state index contributed by atoms with van der Waals surface area (Å²) in [5.74, 6) is -1.16. The molecule has 14 heteroatoms. The summed E-state index contributed by atoms with van der Waals surface area (Å²) in [5.41, 5.74) is -0.309. The van der Waals surface area contributed by atoms with Crippen molar-refractivity contribution in [3.63, 3.8) is 0 Å². The number of allylic oxidation sites excluding steroid dienone is 1. The van der Waals surface area contributed by atoms with Crippen LogP contribution in [0.5, 0.6) is 0 Å². The number of carbonyl (C=O) groups is 4. The second-order valence-corrected chi connectivity index (χ2v) is 18.3. The number of sulfonamides is 1. The van der Waals surface area contributed by atoms with E-state index in [0.29, 0.717) is 42.2 Å². The number of amides is 4. The van der Waals surface area contributed by atoms with Crippen LogP contribution >= 0.6 is 0 Å². The molecule has 1 aromatic carbocycles. The molecule has 52 heavy (non-hydrogen) atoms. The average molecular weight is 740 g/mol. The highest BCUT2D eigenvalue weighted by atomic mass is 32.2. The van der Waals surface area contributed by atoms with Gasteiger partial charge in [-0.25, -0.2) is 17.6 Å². The fourth-order valence-electron chi connectivity index (χ4n) is 8.35. The van der Waals surface area contributed by atoms with Crippen LogP contribution in [0.4, 0.5) is 9.18 Å². The molecule has 5 fully saturated rings. The van der Waals surface area contributed by atoms with E-state index < -0.39 is 62.8 Å². The third-order valence-corrected chi connectivity index (χ3v) is 13.9. The largest absolute Gasteiger partial charge is 0.444 e. The Hall–Kier alpha value is -3.52. The molecule has 12 nitrogen and oxygen atoms in total. The number of ether oxygens (including phenoxy) is 1. The predicted molar refractivity (Wildman–Crippen MR) is 188 cm³/mol. The van der Waals surface area contributed by atoms with Gasteiger partial charge < -0.3 is 15.0 Å². The van der Waals surface area contributed by atoms with E-state index in [9.17, 15) is 32.0 Å². The van der Waals surface area contributed by atoms with Crippen LogP contribution in [0, 0.1) is 23.6 Å². The molecule has 4 amide bonds. The summed E-state index contributed by atoms with van der Waals surface area (Å²) in [5, 5.41) is 2.31. The van der Waals surface area contributed by atoms with Crippen LogP contribution < -0.4 is 10.0 Å². The number of benzene rings is 1. The summed E-state index contributed by atoms with van der Waals surface area (Å²) in [4.78, 5) is 61.7. The molecule has 0 aromatic heterocycles. The topological polar surface area (TPSA) is 145 Å². The number of hydrogen-bond acceptors (Lipinski definition) is 8. The fraction of sp³-hybridized carbons (Fsp3) is 0.684. The number of hydrogen-bond donors (Lipinski definition) is 2. The Balaban J connectivity index is 1.06. The molecular weight excluding hydrogens is 690 g/mol. The average Bonchev–Trinajstić information content (AvgIpc) is 3.89. The van der Waals surface area contributed by atoms with E-state index in [1.165, 1.54) is 11.0 Å². The van der Waals surface area contributed by atoms with Crippen molar-refractivity contribution in [1.82, 2.24) is 24.7 Å². The third kappa shape index (κ3) is 7.60. The van der Waals surface area contributed by atoms with Gasteiger partial charge in [-0.1, -0.05) is 37.1 Å². The second-order valence-electron chi connectivity index (χ2n) is 16.4. The van der Waals surface area contributed by atoms with Gasteiger partial charge in [0.1, 0.15) is 23.5 Å². The van der Waals surface area contributed by atoms with Gasteiger partial charge in [0.25, 0.3) is 5.91 Å². The van der Waals surface area contributed by atoms with E-state index in [1.54, 1.807) is 17.0 Å². The van der Waals surface area contributed by atoms with E-state index in [-0.39, 0.29) is 44.2 Å². The van der Waals surface area contributed by atoms with Crippen molar-refractivity contribution in [2.24, 2.45) is 17.8 Å². The number of fused-ring (bicyclic) bond motifs is 3. The highest BCUT2D eigenvalue weighted by Crippen LogP contribution is 2.46. The Morgan fingerprint density at radius 3 is 2.44 bits per heavy atom. The molecule has 0 unspecified atom stereocenters. The Labute approximate surface area is 304 Å². The SMILES string of the molecule is O=C1N[C@]2(C(=O)NS(=O)(=O)C3CC3)C[C@H]2C=CCCCCC[C@H](N(CC2CC2)CC2CC2)C(=O)N2C[C@H](OC(=O)N3Cc4cccc(F)c4C3)C[C@@H]12. The number of nitrogens with one attached hydrogen (secondary N) is 2. The fourth-order valence-corrected chi connectivity index (χ4v) is 9.72. The van der Waals surface area contributed by atoms with Crippen molar-refractivity contribution in [3.05, 3.63) is 47.3 Å². The number of nitrogens with zero attached hydrogens (tertiary/aromatic N) is 3. The third-order valence-electron chi connectivity index (χ3n) is 12.1. The Morgan fingerprint density at radius 1 is 1.00 bits per heavy atom. The summed E-state index contributed by atoms with van der Waals surface area (Å²) < 4.78 is 48.3. The molecule has 0 radical (unpaired) electrons. The maximum atomic E-state index is 14.8. The number of carbonyl (C=O) groups excluding carboxylic acids is 4. The molecule has 1 aromatic rings. The van der Waals surface area contributed by atoms with Crippen LogP contribution in [0.25, 0.3) is 0 Å². The smallest absolute Gasteiger partial charge is 0.410 e. The first-order chi connectivity index (χ1) is 25.0. The minimum atomic E-state index is -3.87. The zero-order valence-corrected chi connectivity index (χ0v) is 30.5. The molecular formula is C38H50FN5O7S. The summed E-state index contributed by atoms with van der Waals surface area (Å²) in [6, 6.07) is 3.28. The van der Waals surface area contributed by atoms with Crippen molar-refractivity contribution >= 4 is 33.8 Å². The lowest BCUT2D eigenvalue weighted by molar-refractivity contribution is -0.144. The molecule has 0 spiro atoms. The number of rotatable bonds is 9. The standard InChI is InChI=1S/C38H50FN5O7S/c39-31-9-6-7-26-21-43(23-30(26)31)37(48)51-28-17-33-34(45)40-38(36(47)41-52(49,50)29-15-16-29)18-27(38)8-4-2-1-3-5-10-32(35(46)44(33)22-28)42(19-24-11-12-24)20-25-13-14-25/h4,6-9,24-25,27-29,32-33H,1-3,5,10-23H2,(H,40,45)(H,41,47)/t27-,28-,32+,33+,38-/m1/s1. The molecule has 1 saturated heterocycles. The van der Waals surface area contributed by atoms with Gasteiger partial charge in [-0.2, -0.15) is 0 Å². The van der Waals surface area contributed by atoms with E-state index in [4.69, 9.17) is 4.74 Å². The minimum absolute atomic E-state index is 0.00753. The lowest BCUT2D eigenvalue weighted by Gasteiger charge is -2.36.